The van der Waals surface area contributed by atoms with Crippen LogP contribution in [0.1, 0.15) is 44.4 Å². The molecule has 0 heterocycles. The Bertz CT molecular complexity index is 1260. The van der Waals surface area contributed by atoms with E-state index >= 15 is 0 Å². The summed E-state index contributed by atoms with van der Waals surface area (Å²) < 4.78 is 0. The van der Waals surface area contributed by atoms with Gasteiger partial charge in [-0.1, -0.05) is 119 Å². The van der Waals surface area contributed by atoms with Crippen molar-refractivity contribution in [3.05, 3.63) is 148 Å². The van der Waals surface area contributed by atoms with Gasteiger partial charge in [-0.15, -0.1) is 0 Å². The fourth-order valence-electron chi connectivity index (χ4n) is 3.25. The molecule has 0 aliphatic carbocycles. The highest BCUT2D eigenvalue weighted by Gasteiger charge is 1.98. The van der Waals surface area contributed by atoms with Crippen molar-refractivity contribution >= 4 is 12.2 Å². The molecule has 0 spiro atoms. The number of benzene rings is 2. The molecule has 0 amide bonds. The van der Waals surface area contributed by atoms with E-state index < -0.39 is 0 Å². The van der Waals surface area contributed by atoms with Gasteiger partial charge in [0.1, 0.15) is 17.2 Å². The monoisotopic (exact) mass is 506 g/mol. The topological polar surface area (TPSA) is 60.7 Å². The lowest BCUT2D eigenvalue weighted by atomic mass is 10.1. The number of phenols is 3. The van der Waals surface area contributed by atoms with Gasteiger partial charge in [0.05, 0.1) is 0 Å². The number of hydrogen-bond donors (Lipinski definition) is 3. The third-order valence-electron chi connectivity index (χ3n) is 5.52. The zero-order valence-corrected chi connectivity index (χ0v) is 22.9. The van der Waals surface area contributed by atoms with E-state index in [9.17, 15) is 15.3 Å². The summed E-state index contributed by atoms with van der Waals surface area (Å²) in [5.41, 5.74) is 6.89. The van der Waals surface area contributed by atoms with Crippen LogP contribution < -0.4 is 0 Å². The van der Waals surface area contributed by atoms with Crippen LogP contribution in [0.4, 0.5) is 0 Å². The Morgan fingerprint density at radius 3 is 1.42 bits per heavy atom. The molecule has 0 atom stereocenters. The third kappa shape index (κ3) is 11.5. The SMILES string of the molecule is CC(/C=C/C=C(C)/C=C/c1ccc(C)cc1O)=C\C=C\C=C(C)\C=C\C=C(C)\C=C\c1ccc(O)cc1O. The van der Waals surface area contributed by atoms with Crippen LogP contribution in [0.25, 0.3) is 12.2 Å². The van der Waals surface area contributed by atoms with Crippen LogP contribution in [0.3, 0.4) is 0 Å². The van der Waals surface area contributed by atoms with Crippen LogP contribution in [-0.2, 0) is 0 Å². The molecule has 0 radical (unpaired) electrons. The second-order valence-electron chi connectivity index (χ2n) is 9.22. The second-order valence-corrected chi connectivity index (χ2v) is 9.22. The van der Waals surface area contributed by atoms with Gasteiger partial charge in [-0.25, -0.2) is 0 Å². The Morgan fingerprint density at radius 1 is 0.526 bits per heavy atom. The molecule has 38 heavy (non-hydrogen) atoms. The van der Waals surface area contributed by atoms with Gasteiger partial charge < -0.3 is 15.3 Å². The van der Waals surface area contributed by atoms with Crippen molar-refractivity contribution in [3.8, 4) is 17.2 Å². The highest BCUT2D eigenvalue weighted by Crippen LogP contribution is 2.24. The number of aromatic hydroxyl groups is 3. The molecular formula is C35H38O3. The summed E-state index contributed by atoms with van der Waals surface area (Å²) in [6.07, 6.45) is 27.9. The Hall–Kier alpha value is -4.50. The van der Waals surface area contributed by atoms with Gasteiger partial charge in [-0.2, -0.15) is 0 Å². The molecule has 0 aliphatic heterocycles. The fraction of sp³-hybridized carbons (Fsp3) is 0.143. The van der Waals surface area contributed by atoms with Crippen LogP contribution in [0.15, 0.2) is 132 Å². The summed E-state index contributed by atoms with van der Waals surface area (Å²) in [6, 6.07) is 10.2. The van der Waals surface area contributed by atoms with Gasteiger partial charge in [0, 0.05) is 17.2 Å². The van der Waals surface area contributed by atoms with Crippen molar-refractivity contribution < 1.29 is 15.3 Å². The predicted octanol–water partition coefficient (Wildman–Crippen LogP) is 9.29. The highest BCUT2D eigenvalue weighted by molar-refractivity contribution is 5.61. The molecule has 0 unspecified atom stereocenters. The normalized spacial score (nSPS) is 14.3. The van der Waals surface area contributed by atoms with E-state index in [1.54, 1.807) is 18.2 Å². The van der Waals surface area contributed by atoms with Crippen molar-refractivity contribution in [2.75, 3.05) is 0 Å². The number of aryl methyl sites for hydroxylation is 1. The minimum Gasteiger partial charge on any atom is -0.508 e. The van der Waals surface area contributed by atoms with Crippen LogP contribution >= 0.6 is 0 Å². The molecule has 0 saturated heterocycles. The van der Waals surface area contributed by atoms with Crippen LogP contribution in [0.2, 0.25) is 0 Å². The fourth-order valence-corrected chi connectivity index (χ4v) is 3.25. The van der Waals surface area contributed by atoms with Crippen LogP contribution in [0.5, 0.6) is 17.2 Å². The maximum Gasteiger partial charge on any atom is 0.126 e. The van der Waals surface area contributed by atoms with Crippen molar-refractivity contribution in [1.82, 2.24) is 0 Å². The first-order chi connectivity index (χ1) is 18.1. The minimum absolute atomic E-state index is 0.0431. The molecule has 3 N–H and O–H groups in total. The number of hydrogen-bond acceptors (Lipinski definition) is 3. The second kappa shape index (κ2) is 15.6. The molecule has 0 aliphatic rings. The van der Waals surface area contributed by atoms with Crippen molar-refractivity contribution in [2.45, 2.75) is 34.6 Å². The molecule has 0 fully saturated rings. The Balaban J connectivity index is 1.86. The van der Waals surface area contributed by atoms with E-state index in [1.165, 1.54) is 6.07 Å². The third-order valence-corrected chi connectivity index (χ3v) is 5.52. The van der Waals surface area contributed by atoms with Crippen molar-refractivity contribution in [3.63, 3.8) is 0 Å². The van der Waals surface area contributed by atoms with Gasteiger partial charge in [-0.05, 0) is 58.4 Å². The predicted molar refractivity (Wildman–Crippen MR) is 163 cm³/mol. The summed E-state index contributed by atoms with van der Waals surface area (Å²) in [4.78, 5) is 0. The van der Waals surface area contributed by atoms with E-state index in [4.69, 9.17) is 0 Å². The molecule has 2 rings (SSSR count). The van der Waals surface area contributed by atoms with E-state index in [-0.39, 0.29) is 11.5 Å². The van der Waals surface area contributed by atoms with Crippen LogP contribution in [0, 0.1) is 6.92 Å². The van der Waals surface area contributed by atoms with Crippen LogP contribution in [-0.4, -0.2) is 15.3 Å². The number of rotatable bonds is 10. The molecule has 196 valence electrons. The smallest absolute Gasteiger partial charge is 0.126 e. The lowest BCUT2D eigenvalue weighted by Gasteiger charge is -2.00. The minimum atomic E-state index is 0.0431. The zero-order chi connectivity index (χ0) is 27.9. The first-order valence-electron chi connectivity index (χ1n) is 12.5. The Labute approximate surface area is 227 Å². The molecule has 2 aromatic carbocycles. The molecule has 3 nitrogen and oxygen atoms in total. The van der Waals surface area contributed by atoms with Gasteiger partial charge >= 0.3 is 0 Å². The maximum absolute atomic E-state index is 10.0. The first-order valence-corrected chi connectivity index (χ1v) is 12.5. The summed E-state index contributed by atoms with van der Waals surface area (Å²) in [5, 5.41) is 29.2. The lowest BCUT2D eigenvalue weighted by Crippen LogP contribution is -1.77. The molecule has 3 heteroatoms. The van der Waals surface area contributed by atoms with Gasteiger partial charge in [0.15, 0.2) is 0 Å². The van der Waals surface area contributed by atoms with E-state index in [1.807, 2.05) is 113 Å². The molecule has 0 saturated carbocycles. The largest absolute Gasteiger partial charge is 0.508 e. The standard InChI is InChI=1S/C35H38O3/c1-26(12-8-14-28(3)16-19-31-21-18-30(5)24-34(31)37)10-6-7-11-27(2)13-9-15-29(4)17-20-32-22-23-33(36)25-35(32)38/h6-25,36-38H,1-5H3/b7-6+,12-8+,13-9+,19-16+,20-17+,26-10+,27-11+,28-14+,29-15+. The number of phenolic OH excluding ortho intramolecular Hbond substituents is 3. The molecule has 0 aromatic heterocycles. The molecule has 2 aromatic rings. The lowest BCUT2D eigenvalue weighted by molar-refractivity contribution is 0.450. The number of allylic oxidation sites excluding steroid dienone is 16. The highest BCUT2D eigenvalue weighted by atomic mass is 16.3. The van der Waals surface area contributed by atoms with Crippen molar-refractivity contribution in [2.24, 2.45) is 0 Å². The van der Waals surface area contributed by atoms with E-state index in [2.05, 4.69) is 19.1 Å². The molecule has 0 bridgehead atoms. The van der Waals surface area contributed by atoms with Gasteiger partial charge in [0.2, 0.25) is 0 Å². The zero-order valence-electron chi connectivity index (χ0n) is 22.9. The molecular weight excluding hydrogens is 468 g/mol. The summed E-state index contributed by atoms with van der Waals surface area (Å²) >= 11 is 0. The van der Waals surface area contributed by atoms with Gasteiger partial charge in [-0.3, -0.25) is 0 Å². The average molecular weight is 507 g/mol. The Kier molecular flexibility index (Phi) is 12.2. The first kappa shape index (κ1) is 29.7. The van der Waals surface area contributed by atoms with E-state index in [0.29, 0.717) is 11.3 Å². The maximum atomic E-state index is 10.0. The van der Waals surface area contributed by atoms with Gasteiger partial charge in [0.25, 0.3) is 0 Å². The quantitative estimate of drug-likeness (QED) is 0.281. The summed E-state index contributed by atoms with van der Waals surface area (Å²) in [5.74, 6) is 0.387. The summed E-state index contributed by atoms with van der Waals surface area (Å²) in [7, 11) is 0. The van der Waals surface area contributed by atoms with E-state index in [0.717, 1.165) is 33.4 Å². The Morgan fingerprint density at radius 2 is 0.947 bits per heavy atom. The average Bonchev–Trinajstić information content (AvgIpc) is 2.85. The summed E-state index contributed by atoms with van der Waals surface area (Å²) in [6.45, 7) is 10.1. The van der Waals surface area contributed by atoms with Crippen molar-refractivity contribution in [1.29, 1.82) is 0 Å².